The topological polar surface area (TPSA) is 104 Å². The average Bonchev–Trinajstić information content (AvgIpc) is 2.60. The highest BCUT2D eigenvalue weighted by Gasteiger charge is 2.34. The first-order chi connectivity index (χ1) is 12.5. The van der Waals surface area contributed by atoms with Crippen LogP contribution in [0.1, 0.15) is 31.2 Å². The summed E-state index contributed by atoms with van der Waals surface area (Å²) in [6.45, 7) is 2.02. The van der Waals surface area contributed by atoms with E-state index in [0.29, 0.717) is 15.3 Å². The van der Waals surface area contributed by atoms with Gasteiger partial charge in [0, 0.05) is 16.6 Å². The quantitative estimate of drug-likeness (QED) is 0.493. The van der Waals surface area contributed by atoms with Gasteiger partial charge in [-0.2, -0.15) is 0 Å². The Hall–Kier alpha value is -2.13. The predicted molar refractivity (Wildman–Crippen MR) is 105 cm³/mol. The van der Waals surface area contributed by atoms with Gasteiger partial charge in [-0.25, -0.2) is 4.98 Å². The molecule has 3 rings (SSSR count). The van der Waals surface area contributed by atoms with Gasteiger partial charge in [0.25, 0.3) is 5.56 Å². The van der Waals surface area contributed by atoms with Crippen LogP contribution in [0.15, 0.2) is 38.7 Å². The molecule has 9 heteroatoms. The van der Waals surface area contributed by atoms with Crippen LogP contribution in [-0.2, 0) is 9.59 Å². The lowest BCUT2D eigenvalue weighted by atomic mass is 9.92. The Labute approximate surface area is 162 Å². The highest BCUT2D eigenvalue weighted by Crippen LogP contribution is 2.31. The normalized spacial score (nSPS) is 15.9. The number of carbonyl (C=O) groups is 2. The fourth-order valence-electron chi connectivity index (χ4n) is 2.62. The lowest BCUT2D eigenvalue weighted by Crippen LogP contribution is -2.36. The third-order valence-electron chi connectivity index (χ3n) is 3.82. The Morgan fingerprint density at radius 3 is 2.88 bits per heavy atom. The summed E-state index contributed by atoms with van der Waals surface area (Å²) >= 11 is 4.76. The van der Waals surface area contributed by atoms with Gasteiger partial charge in [0.1, 0.15) is 5.82 Å². The summed E-state index contributed by atoms with van der Waals surface area (Å²) in [5.41, 5.74) is 0.362. The van der Waals surface area contributed by atoms with Gasteiger partial charge in [-0.15, -0.1) is 0 Å². The Morgan fingerprint density at radius 2 is 2.15 bits per heavy atom. The summed E-state index contributed by atoms with van der Waals surface area (Å²) in [6.07, 6.45) is 0.824. The molecule has 0 bridgehead atoms. The van der Waals surface area contributed by atoms with E-state index in [0.717, 1.165) is 12.2 Å². The molecule has 0 aliphatic carbocycles. The number of amides is 2. The van der Waals surface area contributed by atoms with E-state index in [-0.39, 0.29) is 23.7 Å². The second-order valence-electron chi connectivity index (χ2n) is 5.76. The molecule has 1 aliphatic rings. The van der Waals surface area contributed by atoms with Crippen LogP contribution in [0, 0.1) is 0 Å². The minimum absolute atomic E-state index is 0.102. The van der Waals surface area contributed by atoms with E-state index < -0.39 is 17.4 Å². The van der Waals surface area contributed by atoms with Gasteiger partial charge in [-0.05, 0) is 34.5 Å². The number of rotatable bonds is 5. The number of benzene rings is 1. The Balaban J connectivity index is 1.93. The van der Waals surface area contributed by atoms with Crippen LogP contribution in [0.25, 0.3) is 0 Å². The molecule has 0 saturated carbocycles. The summed E-state index contributed by atoms with van der Waals surface area (Å²) < 4.78 is 0.715. The number of hydrogen-bond donors (Lipinski definition) is 3. The molecule has 1 aromatic carbocycles. The molecular formula is C17H17BrN4O3S. The van der Waals surface area contributed by atoms with Crippen LogP contribution in [-0.4, -0.2) is 27.5 Å². The number of nitrogens with one attached hydrogen (secondary N) is 3. The van der Waals surface area contributed by atoms with Crippen molar-refractivity contribution in [2.75, 3.05) is 16.4 Å². The highest BCUT2D eigenvalue weighted by molar-refractivity contribution is 9.10. The molecule has 1 aliphatic heterocycles. The zero-order chi connectivity index (χ0) is 18.7. The first-order valence-electron chi connectivity index (χ1n) is 8.11. The van der Waals surface area contributed by atoms with Crippen LogP contribution in [0.3, 0.4) is 0 Å². The number of aromatic amines is 1. The zero-order valence-corrected chi connectivity index (χ0v) is 16.4. The van der Waals surface area contributed by atoms with Crippen LogP contribution >= 0.6 is 27.7 Å². The van der Waals surface area contributed by atoms with E-state index >= 15 is 0 Å². The largest absolute Gasteiger partial charge is 0.325 e. The summed E-state index contributed by atoms with van der Waals surface area (Å²) in [4.78, 5) is 44.3. The number of anilines is 2. The SMILES string of the molecule is CCCSc1nc2c(c(=O)[nH]1)[C@@H](C(=O)Nc1ccccc1Br)CC(=O)N2. The van der Waals surface area contributed by atoms with Gasteiger partial charge >= 0.3 is 0 Å². The Morgan fingerprint density at radius 1 is 1.38 bits per heavy atom. The molecule has 0 fully saturated rings. The maximum Gasteiger partial charge on any atom is 0.257 e. The molecule has 136 valence electrons. The van der Waals surface area contributed by atoms with Crippen molar-refractivity contribution in [2.45, 2.75) is 30.8 Å². The lowest BCUT2D eigenvalue weighted by Gasteiger charge is -2.23. The maximum atomic E-state index is 12.7. The molecule has 1 atom stereocenters. The first-order valence-corrected chi connectivity index (χ1v) is 9.89. The van der Waals surface area contributed by atoms with E-state index in [1.807, 2.05) is 13.0 Å². The number of fused-ring (bicyclic) bond motifs is 1. The molecule has 2 amide bonds. The van der Waals surface area contributed by atoms with Crippen LogP contribution in [0.5, 0.6) is 0 Å². The summed E-state index contributed by atoms with van der Waals surface area (Å²) in [5, 5.41) is 5.80. The van der Waals surface area contributed by atoms with E-state index in [1.165, 1.54) is 11.8 Å². The summed E-state index contributed by atoms with van der Waals surface area (Å²) in [5.74, 6) is -0.700. The van der Waals surface area contributed by atoms with E-state index in [1.54, 1.807) is 18.2 Å². The predicted octanol–water partition coefficient (Wildman–Crippen LogP) is 3.10. The van der Waals surface area contributed by atoms with Crippen molar-refractivity contribution in [2.24, 2.45) is 0 Å². The molecule has 7 nitrogen and oxygen atoms in total. The average molecular weight is 437 g/mol. The molecule has 0 radical (unpaired) electrons. The molecule has 2 heterocycles. The summed E-state index contributed by atoms with van der Waals surface area (Å²) in [7, 11) is 0. The van der Waals surface area contributed by atoms with E-state index in [2.05, 4.69) is 36.5 Å². The number of halogens is 1. The van der Waals surface area contributed by atoms with Gasteiger partial charge in [0.15, 0.2) is 5.16 Å². The van der Waals surface area contributed by atoms with Crippen LogP contribution in [0.2, 0.25) is 0 Å². The molecule has 2 aromatic rings. The van der Waals surface area contributed by atoms with E-state index in [4.69, 9.17) is 0 Å². The third-order valence-corrected chi connectivity index (χ3v) is 5.59. The van der Waals surface area contributed by atoms with E-state index in [9.17, 15) is 14.4 Å². The Kier molecular flexibility index (Phi) is 5.77. The number of carbonyl (C=O) groups excluding carboxylic acids is 2. The van der Waals surface area contributed by atoms with Gasteiger partial charge in [0.05, 0.1) is 17.2 Å². The lowest BCUT2D eigenvalue weighted by molar-refractivity contribution is -0.123. The second kappa shape index (κ2) is 8.05. The number of nitrogens with zero attached hydrogens (tertiary/aromatic N) is 1. The Bertz CT molecular complexity index is 915. The van der Waals surface area contributed by atoms with Crippen molar-refractivity contribution < 1.29 is 9.59 Å². The number of hydrogen-bond acceptors (Lipinski definition) is 5. The van der Waals surface area contributed by atoms with Crippen LogP contribution in [0.4, 0.5) is 11.5 Å². The zero-order valence-electron chi connectivity index (χ0n) is 14.0. The van der Waals surface area contributed by atoms with Crippen LogP contribution < -0.4 is 16.2 Å². The minimum atomic E-state index is -0.896. The van der Waals surface area contributed by atoms with Crippen molar-refractivity contribution in [3.05, 3.63) is 44.7 Å². The molecule has 26 heavy (non-hydrogen) atoms. The second-order valence-corrected chi connectivity index (χ2v) is 7.69. The number of H-pyrrole nitrogens is 1. The fourth-order valence-corrected chi connectivity index (χ4v) is 3.73. The van der Waals surface area contributed by atoms with Gasteiger partial charge in [0.2, 0.25) is 11.8 Å². The summed E-state index contributed by atoms with van der Waals surface area (Å²) in [6, 6.07) is 7.14. The maximum absolute atomic E-state index is 12.7. The number of thioether (sulfide) groups is 1. The van der Waals surface area contributed by atoms with Crippen molar-refractivity contribution in [1.29, 1.82) is 0 Å². The molecular weight excluding hydrogens is 420 g/mol. The molecule has 0 saturated heterocycles. The third kappa shape index (κ3) is 3.99. The molecule has 0 spiro atoms. The van der Waals surface area contributed by atoms with Crippen molar-refractivity contribution >= 4 is 51.0 Å². The number of aromatic nitrogens is 2. The van der Waals surface area contributed by atoms with Gasteiger partial charge < -0.3 is 15.6 Å². The standard InChI is InChI=1S/C17H17BrN4O3S/c1-2-7-26-17-21-14-13(16(25)22-17)9(8-12(23)20-14)15(24)19-11-6-4-3-5-10(11)18/h3-6,9H,2,7-8H2,1H3,(H,19,24)(H2,20,21,22,23,25)/t9-/m0/s1. The number of para-hydroxylation sites is 1. The fraction of sp³-hybridized carbons (Fsp3) is 0.294. The van der Waals surface area contributed by atoms with Gasteiger partial charge in [-0.3, -0.25) is 14.4 Å². The first kappa shape index (κ1) is 18.7. The van der Waals surface area contributed by atoms with Crippen molar-refractivity contribution in [3.8, 4) is 0 Å². The van der Waals surface area contributed by atoms with Crippen molar-refractivity contribution in [1.82, 2.24) is 9.97 Å². The smallest absolute Gasteiger partial charge is 0.257 e. The molecule has 3 N–H and O–H groups in total. The molecule has 0 unspecified atom stereocenters. The van der Waals surface area contributed by atoms with Gasteiger partial charge in [-0.1, -0.05) is 30.8 Å². The van der Waals surface area contributed by atoms with Crippen molar-refractivity contribution in [3.63, 3.8) is 0 Å². The highest BCUT2D eigenvalue weighted by atomic mass is 79.9. The molecule has 1 aromatic heterocycles. The minimum Gasteiger partial charge on any atom is -0.325 e. The monoisotopic (exact) mass is 436 g/mol.